The molecule has 0 amide bonds. The molecule has 0 spiro atoms. The van der Waals surface area contributed by atoms with E-state index in [4.69, 9.17) is 16.7 Å². The van der Waals surface area contributed by atoms with Crippen LogP contribution in [0.1, 0.15) is 55.1 Å². The normalized spacial score (nSPS) is 12.8. The van der Waals surface area contributed by atoms with Crippen molar-refractivity contribution >= 4 is 11.6 Å². The van der Waals surface area contributed by atoms with Crippen LogP contribution in [0.2, 0.25) is 0 Å². The van der Waals surface area contributed by atoms with Crippen molar-refractivity contribution < 1.29 is 0 Å². The minimum atomic E-state index is 0.0713. The summed E-state index contributed by atoms with van der Waals surface area (Å²) in [5, 5.41) is 9.08. The summed E-state index contributed by atoms with van der Waals surface area (Å²) in [5.74, 6) is 0. The predicted octanol–water partition coefficient (Wildman–Crippen LogP) is 3.67. The molecule has 0 radical (unpaired) electrons. The van der Waals surface area contributed by atoms with Gasteiger partial charge in [0.15, 0.2) is 0 Å². The van der Waals surface area contributed by atoms with E-state index in [1.165, 1.54) is 16.8 Å². The molecule has 0 N–H and O–H groups in total. The monoisotopic (exact) mass is 308 g/mol. The van der Waals surface area contributed by atoms with Crippen molar-refractivity contribution in [1.82, 2.24) is 19.6 Å². The summed E-state index contributed by atoms with van der Waals surface area (Å²) in [7, 11) is 1.95. The number of hydrogen-bond donors (Lipinski definition) is 0. The second-order valence-corrected chi connectivity index (χ2v) is 5.91. The maximum absolute atomic E-state index is 6.53. The number of halogens is 1. The maximum Gasteiger partial charge on any atom is 0.0671 e. The highest BCUT2D eigenvalue weighted by Crippen LogP contribution is 2.31. The first-order valence-electron chi connectivity index (χ1n) is 7.80. The Morgan fingerprint density at radius 1 is 1.24 bits per heavy atom. The fraction of sp³-hybridized carbons (Fsp3) is 0.625. The first kappa shape index (κ1) is 16.1. The fourth-order valence-corrected chi connectivity index (χ4v) is 3.04. The first-order chi connectivity index (χ1) is 10.1. The lowest BCUT2D eigenvalue weighted by Crippen LogP contribution is -2.08. The van der Waals surface area contributed by atoms with Crippen LogP contribution >= 0.6 is 11.6 Å². The Kier molecular flexibility index (Phi) is 5.45. The molecule has 21 heavy (non-hydrogen) atoms. The highest BCUT2D eigenvalue weighted by molar-refractivity contribution is 6.20. The van der Waals surface area contributed by atoms with Gasteiger partial charge in [-0.15, -0.1) is 11.6 Å². The Morgan fingerprint density at radius 3 is 2.52 bits per heavy atom. The topological polar surface area (TPSA) is 35.6 Å². The number of aromatic nitrogens is 4. The third-order valence-electron chi connectivity index (χ3n) is 3.89. The van der Waals surface area contributed by atoms with Gasteiger partial charge in [-0.05, 0) is 31.2 Å². The van der Waals surface area contributed by atoms with Gasteiger partial charge < -0.3 is 0 Å². The molecule has 0 bridgehead atoms. The molecular weight excluding hydrogens is 284 g/mol. The molecule has 0 fully saturated rings. The summed E-state index contributed by atoms with van der Waals surface area (Å²) >= 11 is 6.53. The van der Waals surface area contributed by atoms with Gasteiger partial charge in [-0.1, -0.05) is 20.8 Å². The quantitative estimate of drug-likeness (QED) is 0.732. The van der Waals surface area contributed by atoms with Gasteiger partial charge in [0.2, 0.25) is 0 Å². The van der Waals surface area contributed by atoms with Crippen LogP contribution in [0.3, 0.4) is 0 Å². The van der Waals surface area contributed by atoms with Gasteiger partial charge in [-0.25, -0.2) is 0 Å². The molecular formula is C16H25ClN4. The molecule has 116 valence electrons. The van der Waals surface area contributed by atoms with E-state index < -0.39 is 0 Å². The lowest BCUT2D eigenvalue weighted by molar-refractivity contribution is 0.580. The Morgan fingerprint density at radius 2 is 2.00 bits per heavy atom. The molecule has 0 aliphatic rings. The van der Waals surface area contributed by atoms with E-state index in [1.807, 2.05) is 17.9 Å². The number of alkyl halides is 1. The van der Waals surface area contributed by atoms with E-state index in [2.05, 4.69) is 36.7 Å². The predicted molar refractivity (Wildman–Crippen MR) is 86.8 cm³/mol. The van der Waals surface area contributed by atoms with Crippen LogP contribution in [0, 0.1) is 0 Å². The van der Waals surface area contributed by atoms with E-state index in [0.717, 1.165) is 37.9 Å². The highest BCUT2D eigenvalue weighted by Gasteiger charge is 2.20. The van der Waals surface area contributed by atoms with E-state index in [-0.39, 0.29) is 5.38 Å². The van der Waals surface area contributed by atoms with Gasteiger partial charge in [0.1, 0.15) is 0 Å². The first-order valence-corrected chi connectivity index (χ1v) is 8.24. The van der Waals surface area contributed by atoms with Crippen molar-refractivity contribution in [2.75, 3.05) is 0 Å². The van der Waals surface area contributed by atoms with Crippen LogP contribution in [0.5, 0.6) is 0 Å². The van der Waals surface area contributed by atoms with Crippen molar-refractivity contribution in [1.29, 1.82) is 0 Å². The Bertz CT molecular complexity index is 585. The molecule has 2 aromatic heterocycles. The molecule has 1 atom stereocenters. The average Bonchev–Trinajstić information content (AvgIpc) is 3.06. The van der Waals surface area contributed by atoms with Crippen LogP contribution in [0.25, 0.3) is 0 Å². The van der Waals surface area contributed by atoms with E-state index in [1.54, 1.807) is 0 Å². The second kappa shape index (κ2) is 7.12. The zero-order chi connectivity index (χ0) is 15.4. The molecule has 2 heterocycles. The largest absolute Gasteiger partial charge is 0.276 e. The van der Waals surface area contributed by atoms with Gasteiger partial charge >= 0.3 is 0 Å². The molecule has 0 saturated heterocycles. The van der Waals surface area contributed by atoms with Crippen molar-refractivity contribution in [2.24, 2.45) is 7.05 Å². The Labute approximate surface area is 132 Å². The molecule has 1 unspecified atom stereocenters. The third kappa shape index (κ3) is 3.49. The standard InChI is InChI=1S/C16H25ClN4/c1-5-13(17)16-14(6-2)19-21(15(16)7-3)9-8-12-10-18-20(4)11-12/h10-11,13H,5-9H2,1-4H3. The van der Waals surface area contributed by atoms with Gasteiger partial charge in [-0.3, -0.25) is 9.36 Å². The number of aryl methyl sites for hydroxylation is 4. The second-order valence-electron chi connectivity index (χ2n) is 5.39. The van der Waals surface area contributed by atoms with Crippen molar-refractivity contribution in [3.63, 3.8) is 0 Å². The van der Waals surface area contributed by atoms with Crippen molar-refractivity contribution in [3.05, 3.63) is 34.9 Å². The van der Waals surface area contributed by atoms with Gasteiger partial charge in [0.05, 0.1) is 17.3 Å². The molecule has 0 aliphatic carbocycles. The Hall–Kier alpha value is -1.29. The summed E-state index contributed by atoms with van der Waals surface area (Å²) in [5.41, 5.74) is 4.94. The van der Waals surface area contributed by atoms with Gasteiger partial charge in [-0.2, -0.15) is 10.2 Å². The van der Waals surface area contributed by atoms with Crippen LogP contribution in [-0.2, 0) is 32.9 Å². The lowest BCUT2D eigenvalue weighted by atomic mass is 10.0. The molecule has 0 aliphatic heterocycles. The molecule has 2 rings (SSSR count). The zero-order valence-corrected chi connectivity index (χ0v) is 14.2. The summed E-state index contributed by atoms with van der Waals surface area (Å²) in [6.45, 7) is 7.34. The number of nitrogens with zero attached hydrogens (tertiary/aromatic N) is 4. The minimum absolute atomic E-state index is 0.0713. The molecule has 0 saturated carbocycles. The molecule has 4 nitrogen and oxygen atoms in total. The zero-order valence-electron chi connectivity index (χ0n) is 13.4. The van der Waals surface area contributed by atoms with Gasteiger partial charge in [0.25, 0.3) is 0 Å². The minimum Gasteiger partial charge on any atom is -0.276 e. The summed E-state index contributed by atoms with van der Waals surface area (Å²) in [6.07, 6.45) is 7.78. The summed E-state index contributed by atoms with van der Waals surface area (Å²) in [6, 6.07) is 0. The third-order valence-corrected chi connectivity index (χ3v) is 4.41. The van der Waals surface area contributed by atoms with Crippen LogP contribution in [0.15, 0.2) is 12.4 Å². The van der Waals surface area contributed by atoms with Crippen LogP contribution < -0.4 is 0 Å². The smallest absolute Gasteiger partial charge is 0.0671 e. The highest BCUT2D eigenvalue weighted by atomic mass is 35.5. The average molecular weight is 309 g/mol. The van der Waals surface area contributed by atoms with Crippen LogP contribution in [0.4, 0.5) is 0 Å². The van der Waals surface area contributed by atoms with Crippen molar-refractivity contribution in [2.45, 2.75) is 58.4 Å². The van der Waals surface area contributed by atoms with E-state index >= 15 is 0 Å². The molecule has 0 aromatic carbocycles. The van der Waals surface area contributed by atoms with E-state index in [0.29, 0.717) is 0 Å². The molecule has 2 aromatic rings. The van der Waals surface area contributed by atoms with E-state index in [9.17, 15) is 0 Å². The Balaban J connectivity index is 2.24. The SMILES string of the molecule is CCc1nn(CCc2cnn(C)c2)c(CC)c1C(Cl)CC. The van der Waals surface area contributed by atoms with Crippen LogP contribution in [-0.4, -0.2) is 19.6 Å². The molecule has 5 heteroatoms. The van der Waals surface area contributed by atoms with Crippen molar-refractivity contribution in [3.8, 4) is 0 Å². The van der Waals surface area contributed by atoms with Gasteiger partial charge in [0, 0.05) is 31.0 Å². The number of rotatable bonds is 7. The summed E-state index contributed by atoms with van der Waals surface area (Å²) in [4.78, 5) is 0. The number of hydrogen-bond acceptors (Lipinski definition) is 2. The maximum atomic E-state index is 6.53. The fourth-order valence-electron chi connectivity index (χ4n) is 2.79. The lowest BCUT2D eigenvalue weighted by Gasteiger charge is -2.10. The summed E-state index contributed by atoms with van der Waals surface area (Å²) < 4.78 is 3.99.